The van der Waals surface area contributed by atoms with Crippen molar-refractivity contribution >= 4 is 33.3 Å². The highest BCUT2D eigenvalue weighted by molar-refractivity contribution is 9.10. The second-order valence-electron chi connectivity index (χ2n) is 4.34. The van der Waals surface area contributed by atoms with Crippen molar-refractivity contribution in [2.75, 3.05) is 5.32 Å². The third-order valence-corrected chi connectivity index (χ3v) is 4.45. The lowest BCUT2D eigenvalue weighted by Gasteiger charge is -2.30. The number of nitrogens with one attached hydrogen (secondary N) is 1. The Morgan fingerprint density at radius 1 is 1.38 bits per heavy atom. The van der Waals surface area contributed by atoms with Crippen LogP contribution in [0.1, 0.15) is 32.6 Å². The van der Waals surface area contributed by atoms with E-state index in [9.17, 15) is 0 Å². The van der Waals surface area contributed by atoms with Gasteiger partial charge in [-0.3, -0.25) is 0 Å². The van der Waals surface area contributed by atoms with E-state index in [4.69, 9.17) is 11.6 Å². The van der Waals surface area contributed by atoms with E-state index in [1.165, 1.54) is 32.0 Å². The average Bonchev–Trinajstić information content (AvgIpc) is 2.28. The van der Waals surface area contributed by atoms with Crippen molar-refractivity contribution in [2.24, 2.45) is 5.92 Å². The minimum Gasteiger partial charge on any atom is -0.366 e. The Labute approximate surface area is 109 Å². The Balaban J connectivity index is 2.10. The predicted octanol–water partition coefficient (Wildman–Crippen LogP) is 3.88. The van der Waals surface area contributed by atoms with Crippen molar-refractivity contribution < 1.29 is 0 Å². The van der Waals surface area contributed by atoms with Crippen molar-refractivity contribution in [3.05, 3.63) is 16.0 Å². The van der Waals surface area contributed by atoms with E-state index < -0.39 is 0 Å². The highest BCUT2D eigenvalue weighted by Crippen LogP contribution is 2.31. The molecule has 1 aromatic heterocycles. The summed E-state index contributed by atoms with van der Waals surface area (Å²) in [5.74, 6) is 1.49. The monoisotopic (exact) mass is 303 g/mol. The van der Waals surface area contributed by atoms with Gasteiger partial charge in [0.15, 0.2) is 0 Å². The van der Waals surface area contributed by atoms with Crippen molar-refractivity contribution in [3.8, 4) is 0 Å². The molecule has 0 spiro atoms. The van der Waals surface area contributed by atoms with Crippen molar-refractivity contribution in [2.45, 2.75) is 38.6 Å². The predicted molar refractivity (Wildman–Crippen MR) is 69.8 cm³/mol. The largest absolute Gasteiger partial charge is 0.366 e. The van der Waals surface area contributed by atoms with Crippen molar-refractivity contribution in [1.29, 1.82) is 0 Å². The summed E-state index contributed by atoms with van der Waals surface area (Å²) in [5.41, 5.74) is 0. The van der Waals surface area contributed by atoms with Gasteiger partial charge in [0.05, 0.1) is 4.47 Å². The summed E-state index contributed by atoms with van der Waals surface area (Å²) in [4.78, 5) is 8.13. The van der Waals surface area contributed by atoms with Crippen molar-refractivity contribution in [3.63, 3.8) is 0 Å². The van der Waals surface area contributed by atoms with E-state index in [2.05, 4.69) is 38.1 Å². The summed E-state index contributed by atoms with van der Waals surface area (Å²) in [5, 5.41) is 3.92. The lowest BCUT2D eigenvalue weighted by Crippen LogP contribution is -2.30. The maximum Gasteiger partial charge on any atom is 0.148 e. The number of anilines is 1. The first-order valence-corrected chi connectivity index (χ1v) is 6.78. The molecule has 0 aliphatic heterocycles. The van der Waals surface area contributed by atoms with E-state index in [1.807, 2.05) is 0 Å². The molecule has 1 aliphatic carbocycles. The number of aromatic nitrogens is 2. The molecule has 16 heavy (non-hydrogen) atoms. The Kier molecular flexibility index (Phi) is 4.03. The number of rotatable bonds is 2. The van der Waals surface area contributed by atoms with E-state index in [0.29, 0.717) is 17.1 Å². The van der Waals surface area contributed by atoms with Gasteiger partial charge >= 0.3 is 0 Å². The summed E-state index contributed by atoms with van der Waals surface area (Å²) in [6.07, 6.45) is 6.61. The van der Waals surface area contributed by atoms with Gasteiger partial charge < -0.3 is 5.32 Å². The first kappa shape index (κ1) is 12.1. The molecule has 2 rings (SSSR count). The number of hydrogen-bond donors (Lipinski definition) is 1. The van der Waals surface area contributed by atoms with Crippen LogP contribution in [0.25, 0.3) is 0 Å². The zero-order chi connectivity index (χ0) is 11.5. The Hall–Kier alpha value is -0.350. The van der Waals surface area contributed by atoms with Crippen LogP contribution in [0.4, 0.5) is 5.82 Å². The van der Waals surface area contributed by atoms with Gasteiger partial charge in [-0.1, -0.05) is 31.4 Å². The molecule has 0 amide bonds. The molecule has 1 fully saturated rings. The molecule has 0 saturated heterocycles. The molecule has 1 N–H and O–H groups in total. The molecule has 88 valence electrons. The molecule has 2 unspecified atom stereocenters. The van der Waals surface area contributed by atoms with Crippen LogP contribution in [0, 0.1) is 5.92 Å². The molecule has 0 bridgehead atoms. The fourth-order valence-corrected chi connectivity index (χ4v) is 2.61. The molecular weight excluding hydrogens is 289 g/mol. The third-order valence-electron chi connectivity index (χ3n) is 3.18. The maximum atomic E-state index is 5.93. The summed E-state index contributed by atoms with van der Waals surface area (Å²) in [7, 11) is 0. The van der Waals surface area contributed by atoms with Gasteiger partial charge in [0.25, 0.3) is 0 Å². The van der Waals surface area contributed by atoms with E-state index in [-0.39, 0.29) is 0 Å². The second-order valence-corrected chi connectivity index (χ2v) is 5.49. The van der Waals surface area contributed by atoms with Crippen molar-refractivity contribution in [1.82, 2.24) is 9.97 Å². The minimum atomic E-state index is 0.459. The number of halogens is 2. The lowest BCUT2D eigenvalue weighted by molar-refractivity contribution is 0.349. The van der Waals surface area contributed by atoms with Crippen LogP contribution >= 0.6 is 27.5 Å². The fourth-order valence-electron chi connectivity index (χ4n) is 2.16. The summed E-state index contributed by atoms with van der Waals surface area (Å²) in [6.45, 7) is 2.29. The fraction of sp³-hybridized carbons (Fsp3) is 0.636. The first-order valence-electron chi connectivity index (χ1n) is 5.61. The second kappa shape index (κ2) is 5.32. The van der Waals surface area contributed by atoms with Gasteiger partial charge in [-0.2, -0.15) is 0 Å². The zero-order valence-corrected chi connectivity index (χ0v) is 11.6. The summed E-state index contributed by atoms with van der Waals surface area (Å²) < 4.78 is 0.759. The Morgan fingerprint density at radius 3 is 2.88 bits per heavy atom. The van der Waals surface area contributed by atoms with Crippen LogP contribution in [0.15, 0.2) is 10.8 Å². The smallest absolute Gasteiger partial charge is 0.148 e. The van der Waals surface area contributed by atoms with Crippen LogP contribution in [0.5, 0.6) is 0 Å². The molecule has 1 aliphatic rings. The molecule has 5 heteroatoms. The first-order chi connectivity index (χ1) is 7.68. The number of nitrogens with zero attached hydrogens (tertiary/aromatic N) is 2. The molecule has 0 aromatic carbocycles. The molecule has 1 saturated carbocycles. The van der Waals surface area contributed by atoms with Crippen LogP contribution in [0.2, 0.25) is 5.15 Å². The zero-order valence-electron chi connectivity index (χ0n) is 9.21. The van der Waals surface area contributed by atoms with Crippen LogP contribution in [-0.2, 0) is 0 Å². The Morgan fingerprint density at radius 2 is 2.12 bits per heavy atom. The highest BCUT2D eigenvalue weighted by atomic mass is 79.9. The van der Waals surface area contributed by atoms with E-state index in [0.717, 1.165) is 10.3 Å². The third kappa shape index (κ3) is 2.66. The van der Waals surface area contributed by atoms with Crippen LogP contribution in [0.3, 0.4) is 0 Å². The van der Waals surface area contributed by atoms with E-state index in [1.54, 1.807) is 0 Å². The highest BCUT2D eigenvalue weighted by Gasteiger charge is 2.22. The normalized spacial score (nSPS) is 25.4. The molecule has 1 aromatic rings. The van der Waals surface area contributed by atoms with Gasteiger partial charge in [-0.15, -0.1) is 0 Å². The molecule has 1 heterocycles. The van der Waals surface area contributed by atoms with Crippen LogP contribution < -0.4 is 5.32 Å². The quantitative estimate of drug-likeness (QED) is 0.843. The van der Waals surface area contributed by atoms with Gasteiger partial charge in [0, 0.05) is 6.04 Å². The average molecular weight is 305 g/mol. The van der Waals surface area contributed by atoms with E-state index >= 15 is 0 Å². The SMILES string of the molecule is CC1CCCCC1Nc1ncnc(Cl)c1Br. The van der Waals surface area contributed by atoms with Gasteiger partial charge in [-0.25, -0.2) is 9.97 Å². The standard InChI is InChI=1S/C11H15BrClN3/c1-7-4-2-3-5-8(7)16-11-9(12)10(13)14-6-15-11/h6-8H,2-5H2,1H3,(H,14,15,16). The Bertz CT molecular complexity index is 372. The summed E-state index contributed by atoms with van der Waals surface area (Å²) in [6, 6.07) is 0.496. The molecule has 3 nitrogen and oxygen atoms in total. The molecular formula is C11H15BrClN3. The summed E-state index contributed by atoms with van der Waals surface area (Å²) >= 11 is 9.34. The van der Waals surface area contributed by atoms with Gasteiger partial charge in [0.1, 0.15) is 17.3 Å². The minimum absolute atomic E-state index is 0.459. The molecule has 2 atom stereocenters. The lowest BCUT2D eigenvalue weighted by atomic mass is 9.86. The molecule has 0 radical (unpaired) electrons. The van der Waals surface area contributed by atoms with Crippen LogP contribution in [-0.4, -0.2) is 16.0 Å². The maximum absolute atomic E-state index is 5.93. The van der Waals surface area contributed by atoms with Gasteiger partial charge in [0.2, 0.25) is 0 Å². The topological polar surface area (TPSA) is 37.8 Å². The van der Waals surface area contributed by atoms with Gasteiger partial charge in [-0.05, 0) is 34.7 Å². The number of hydrogen-bond acceptors (Lipinski definition) is 3.